The first-order chi connectivity index (χ1) is 4.70. The Morgan fingerprint density at radius 3 is 2.70 bits per heavy atom. The van der Waals surface area contributed by atoms with Crippen LogP contribution in [0.1, 0.15) is 19.3 Å². The Balaban J connectivity index is 2.33. The Morgan fingerprint density at radius 2 is 2.30 bits per heavy atom. The summed E-state index contributed by atoms with van der Waals surface area (Å²) in [6.45, 7) is 0. The third-order valence-electron chi connectivity index (χ3n) is 1.59. The largest absolute Gasteiger partial charge is 0.308 e. The SMILES string of the molecule is O=[N+]([O-])O[C@@H]1CCC[C@H]1F. The van der Waals surface area contributed by atoms with Crippen molar-refractivity contribution in [1.29, 1.82) is 0 Å². The van der Waals surface area contributed by atoms with Crippen molar-refractivity contribution in [1.82, 2.24) is 0 Å². The van der Waals surface area contributed by atoms with Crippen molar-refractivity contribution in [3.05, 3.63) is 10.1 Å². The molecule has 0 aromatic carbocycles. The molecule has 0 unspecified atom stereocenters. The van der Waals surface area contributed by atoms with Crippen LogP contribution in [0.15, 0.2) is 0 Å². The Kier molecular flexibility index (Phi) is 2.03. The van der Waals surface area contributed by atoms with E-state index in [0.29, 0.717) is 19.3 Å². The van der Waals surface area contributed by atoms with E-state index in [2.05, 4.69) is 4.84 Å². The quantitative estimate of drug-likeness (QED) is 0.436. The number of hydrogen-bond acceptors (Lipinski definition) is 3. The van der Waals surface area contributed by atoms with Gasteiger partial charge in [-0.25, -0.2) is 4.39 Å². The summed E-state index contributed by atoms with van der Waals surface area (Å²) in [5.74, 6) is 0. The number of halogens is 1. The molecule has 0 bridgehead atoms. The molecule has 1 aliphatic rings. The molecule has 0 spiro atoms. The topological polar surface area (TPSA) is 52.4 Å². The predicted octanol–water partition coefficient (Wildman–Crippen LogP) is 1.09. The first-order valence-electron chi connectivity index (χ1n) is 3.15. The van der Waals surface area contributed by atoms with Gasteiger partial charge < -0.3 is 4.84 Å². The van der Waals surface area contributed by atoms with Crippen molar-refractivity contribution < 1.29 is 14.3 Å². The molecule has 5 heteroatoms. The van der Waals surface area contributed by atoms with E-state index in [9.17, 15) is 14.5 Å². The van der Waals surface area contributed by atoms with Crippen molar-refractivity contribution in [3.63, 3.8) is 0 Å². The fourth-order valence-electron chi connectivity index (χ4n) is 1.11. The second-order valence-corrected chi connectivity index (χ2v) is 2.31. The standard InChI is InChI=1S/C5H8FNO3/c6-4-2-1-3-5(4)10-7(8)9/h4-5H,1-3H2/t4-,5-/m1/s1. The minimum atomic E-state index is -1.15. The lowest BCUT2D eigenvalue weighted by atomic mass is 10.3. The predicted molar refractivity (Wildman–Crippen MR) is 30.6 cm³/mol. The van der Waals surface area contributed by atoms with Crippen LogP contribution in [0.3, 0.4) is 0 Å². The van der Waals surface area contributed by atoms with E-state index in [1.54, 1.807) is 0 Å². The summed E-state index contributed by atoms with van der Waals surface area (Å²) in [4.78, 5) is 13.8. The zero-order chi connectivity index (χ0) is 7.56. The molecular weight excluding hydrogens is 141 g/mol. The van der Waals surface area contributed by atoms with Gasteiger partial charge in [0.25, 0.3) is 5.09 Å². The molecule has 0 amide bonds. The molecule has 58 valence electrons. The van der Waals surface area contributed by atoms with Crippen molar-refractivity contribution in [3.8, 4) is 0 Å². The maximum atomic E-state index is 12.5. The molecule has 1 rings (SSSR count). The number of rotatable bonds is 2. The van der Waals surface area contributed by atoms with Crippen LogP contribution in [-0.4, -0.2) is 17.4 Å². The summed E-state index contributed by atoms with van der Waals surface area (Å²) in [7, 11) is 0. The van der Waals surface area contributed by atoms with Crippen molar-refractivity contribution in [2.45, 2.75) is 31.5 Å². The molecule has 0 aliphatic heterocycles. The third kappa shape index (κ3) is 1.55. The van der Waals surface area contributed by atoms with E-state index in [1.165, 1.54) is 0 Å². The van der Waals surface area contributed by atoms with Crippen molar-refractivity contribution >= 4 is 0 Å². The highest BCUT2D eigenvalue weighted by molar-refractivity contribution is 4.76. The fraction of sp³-hybridized carbons (Fsp3) is 1.00. The van der Waals surface area contributed by atoms with Crippen LogP contribution in [0.5, 0.6) is 0 Å². The first kappa shape index (κ1) is 7.24. The summed E-state index contributed by atoms with van der Waals surface area (Å²) in [6, 6.07) is 0. The van der Waals surface area contributed by atoms with Crippen molar-refractivity contribution in [2.24, 2.45) is 0 Å². The lowest BCUT2D eigenvalue weighted by Crippen LogP contribution is -2.22. The van der Waals surface area contributed by atoms with Gasteiger partial charge >= 0.3 is 0 Å². The molecule has 0 N–H and O–H groups in total. The van der Waals surface area contributed by atoms with Gasteiger partial charge in [0.1, 0.15) is 12.3 Å². The van der Waals surface area contributed by atoms with Gasteiger partial charge in [-0.15, -0.1) is 10.1 Å². The number of alkyl halides is 1. The first-order valence-corrected chi connectivity index (χ1v) is 3.15. The second kappa shape index (κ2) is 2.81. The molecule has 1 saturated carbocycles. The van der Waals surface area contributed by atoms with Crippen LogP contribution in [0, 0.1) is 10.1 Å². The van der Waals surface area contributed by atoms with E-state index in [1.807, 2.05) is 0 Å². The molecule has 0 aromatic rings. The highest BCUT2D eigenvalue weighted by atomic mass is 19.1. The minimum absolute atomic E-state index is 0.387. The summed E-state index contributed by atoms with van der Waals surface area (Å²) >= 11 is 0. The fourth-order valence-corrected chi connectivity index (χ4v) is 1.11. The lowest BCUT2D eigenvalue weighted by Gasteiger charge is -2.08. The number of hydrogen-bond donors (Lipinski definition) is 0. The van der Waals surface area contributed by atoms with Gasteiger partial charge in [0.15, 0.2) is 0 Å². The van der Waals surface area contributed by atoms with E-state index in [-0.39, 0.29) is 0 Å². The molecule has 1 aliphatic carbocycles. The third-order valence-corrected chi connectivity index (χ3v) is 1.59. The van der Waals surface area contributed by atoms with E-state index < -0.39 is 17.4 Å². The van der Waals surface area contributed by atoms with Crippen LogP contribution in [-0.2, 0) is 4.84 Å². The zero-order valence-corrected chi connectivity index (χ0v) is 5.33. The van der Waals surface area contributed by atoms with Gasteiger partial charge in [0.05, 0.1) is 0 Å². The zero-order valence-electron chi connectivity index (χ0n) is 5.33. The lowest BCUT2D eigenvalue weighted by molar-refractivity contribution is -0.769. The summed E-state index contributed by atoms with van der Waals surface area (Å²) in [6.07, 6.45) is -0.430. The summed E-state index contributed by atoms with van der Waals surface area (Å²) in [5, 5.41) is 8.79. The van der Waals surface area contributed by atoms with Crippen molar-refractivity contribution in [2.75, 3.05) is 0 Å². The summed E-state index contributed by atoms with van der Waals surface area (Å²) < 4.78 is 12.5. The van der Waals surface area contributed by atoms with Crippen LogP contribution >= 0.6 is 0 Å². The van der Waals surface area contributed by atoms with Crippen LogP contribution < -0.4 is 0 Å². The van der Waals surface area contributed by atoms with Gasteiger partial charge in [-0.05, 0) is 19.3 Å². The van der Waals surface area contributed by atoms with Crippen LogP contribution in [0.4, 0.5) is 4.39 Å². The highest BCUT2D eigenvalue weighted by Gasteiger charge is 2.29. The van der Waals surface area contributed by atoms with Gasteiger partial charge in [0.2, 0.25) is 0 Å². The van der Waals surface area contributed by atoms with E-state index >= 15 is 0 Å². The Hall–Kier alpha value is -0.870. The normalized spacial score (nSPS) is 32.1. The Labute approximate surface area is 57.1 Å². The van der Waals surface area contributed by atoms with Gasteiger partial charge in [-0.1, -0.05) is 0 Å². The molecule has 1 fully saturated rings. The Morgan fingerprint density at radius 1 is 1.60 bits per heavy atom. The van der Waals surface area contributed by atoms with E-state index in [0.717, 1.165) is 0 Å². The van der Waals surface area contributed by atoms with Crippen LogP contribution in [0.2, 0.25) is 0 Å². The maximum absolute atomic E-state index is 12.5. The maximum Gasteiger partial charge on any atom is 0.294 e. The van der Waals surface area contributed by atoms with Crippen LogP contribution in [0.25, 0.3) is 0 Å². The molecule has 0 heterocycles. The molecule has 0 radical (unpaired) electrons. The van der Waals surface area contributed by atoms with Gasteiger partial charge in [0, 0.05) is 0 Å². The minimum Gasteiger partial charge on any atom is -0.308 e. The average Bonchev–Trinajstić information content (AvgIpc) is 2.15. The van der Waals surface area contributed by atoms with E-state index in [4.69, 9.17) is 0 Å². The molecule has 10 heavy (non-hydrogen) atoms. The molecule has 0 aromatic heterocycles. The molecular formula is C5H8FNO3. The molecule has 0 saturated heterocycles. The smallest absolute Gasteiger partial charge is 0.294 e. The average molecular weight is 149 g/mol. The summed E-state index contributed by atoms with van der Waals surface area (Å²) in [5.41, 5.74) is 0. The Bertz CT molecular complexity index is 141. The molecule has 2 atom stereocenters. The molecule has 4 nitrogen and oxygen atoms in total. The second-order valence-electron chi connectivity index (χ2n) is 2.31. The van der Waals surface area contributed by atoms with Gasteiger partial charge in [-0.2, -0.15) is 0 Å². The monoisotopic (exact) mass is 149 g/mol. The highest BCUT2D eigenvalue weighted by Crippen LogP contribution is 2.24. The number of nitrogens with zero attached hydrogens (tertiary/aromatic N) is 1. The van der Waals surface area contributed by atoms with Gasteiger partial charge in [-0.3, -0.25) is 0 Å².